The maximum atomic E-state index is 13.3. The topological polar surface area (TPSA) is 148 Å². The van der Waals surface area contributed by atoms with Crippen LogP contribution in [0, 0.1) is 0 Å². The zero-order valence-corrected chi connectivity index (χ0v) is 21.1. The van der Waals surface area contributed by atoms with Crippen molar-refractivity contribution in [2.75, 3.05) is 11.9 Å². The highest BCUT2D eigenvalue weighted by Gasteiger charge is 2.27. The second kappa shape index (κ2) is 9.31. The number of tetrazole rings is 1. The van der Waals surface area contributed by atoms with Gasteiger partial charge in [-0.15, -0.1) is 10.2 Å². The van der Waals surface area contributed by atoms with Crippen molar-refractivity contribution < 1.29 is 15.0 Å². The molecule has 3 N–H and O–H groups in total. The summed E-state index contributed by atoms with van der Waals surface area (Å²) < 4.78 is 3.17. The SMILES string of the molecule is C[C@](O)(CO)Cn1cc(-c2ccn3ncc(C(=O)Nc4cc(-c5nnn(C6CC6)n5)ccc4Cl)c3c2)cn1. The van der Waals surface area contributed by atoms with Crippen molar-refractivity contribution >= 4 is 28.7 Å². The van der Waals surface area contributed by atoms with Crippen molar-refractivity contribution in [3.8, 4) is 22.5 Å². The van der Waals surface area contributed by atoms with Gasteiger partial charge in [0.25, 0.3) is 5.91 Å². The maximum Gasteiger partial charge on any atom is 0.259 e. The number of benzene rings is 1. The number of amides is 1. The highest BCUT2D eigenvalue weighted by molar-refractivity contribution is 6.34. The van der Waals surface area contributed by atoms with Gasteiger partial charge in [0.05, 0.1) is 53.4 Å². The molecule has 194 valence electrons. The molecule has 0 bridgehead atoms. The molecule has 0 unspecified atom stereocenters. The van der Waals surface area contributed by atoms with Crippen LogP contribution in [-0.2, 0) is 6.54 Å². The number of fused-ring (bicyclic) bond motifs is 1. The standard InChI is InChI=1S/C25H24ClN9O3/c1-25(38,14-36)13-33-12-17(10-27-33)15-6-7-34-22(9-15)19(11-28-34)24(37)29-21-8-16(2-5-20(21)26)23-30-32-35(31-23)18-3-4-18/h2,5-12,18,36,38H,3-4,13-14H2,1H3,(H,29,37)/t25-/m1/s1. The van der Waals surface area contributed by atoms with Gasteiger partial charge in [-0.2, -0.15) is 15.0 Å². The predicted molar refractivity (Wildman–Crippen MR) is 139 cm³/mol. The van der Waals surface area contributed by atoms with Crippen molar-refractivity contribution in [1.29, 1.82) is 0 Å². The molecule has 1 saturated carbocycles. The van der Waals surface area contributed by atoms with Crippen molar-refractivity contribution in [2.24, 2.45) is 0 Å². The molecule has 1 amide bonds. The maximum absolute atomic E-state index is 13.3. The lowest BCUT2D eigenvalue weighted by Gasteiger charge is -2.19. The Balaban J connectivity index is 1.25. The lowest BCUT2D eigenvalue weighted by Crippen LogP contribution is -2.34. The summed E-state index contributed by atoms with van der Waals surface area (Å²) >= 11 is 6.40. The number of rotatable bonds is 8. The smallest absolute Gasteiger partial charge is 0.259 e. The number of aliphatic hydroxyl groups is 2. The molecule has 6 rings (SSSR count). The van der Waals surface area contributed by atoms with Gasteiger partial charge in [-0.05, 0) is 60.9 Å². The quantitative estimate of drug-likeness (QED) is 0.276. The second-order valence-electron chi connectivity index (χ2n) is 9.70. The first-order chi connectivity index (χ1) is 18.3. The second-order valence-corrected chi connectivity index (χ2v) is 10.1. The molecule has 0 aliphatic heterocycles. The molecule has 4 heterocycles. The third-order valence-electron chi connectivity index (χ3n) is 6.35. The average Bonchev–Trinajstić information content (AvgIpc) is 3.28. The number of aromatic nitrogens is 8. The number of hydrogen-bond acceptors (Lipinski definition) is 8. The largest absolute Gasteiger partial charge is 0.393 e. The highest BCUT2D eigenvalue weighted by atomic mass is 35.5. The first-order valence-corrected chi connectivity index (χ1v) is 12.4. The molecule has 0 saturated heterocycles. The Kier molecular flexibility index (Phi) is 5.94. The number of carbonyl (C=O) groups is 1. The van der Waals surface area contributed by atoms with Gasteiger partial charge in [-0.3, -0.25) is 9.48 Å². The lowest BCUT2D eigenvalue weighted by atomic mass is 10.1. The molecule has 1 aromatic carbocycles. The molecule has 0 radical (unpaired) electrons. The zero-order valence-electron chi connectivity index (χ0n) is 20.4. The van der Waals surface area contributed by atoms with Gasteiger partial charge in [0, 0.05) is 23.5 Å². The molecule has 5 aromatic rings. The third-order valence-corrected chi connectivity index (χ3v) is 6.68. The van der Waals surface area contributed by atoms with E-state index in [4.69, 9.17) is 11.6 Å². The van der Waals surface area contributed by atoms with Gasteiger partial charge in [0.2, 0.25) is 5.82 Å². The van der Waals surface area contributed by atoms with Crippen molar-refractivity contribution in [3.05, 3.63) is 65.7 Å². The minimum atomic E-state index is -1.29. The first-order valence-electron chi connectivity index (χ1n) is 12.0. The van der Waals surface area contributed by atoms with Crippen LogP contribution >= 0.6 is 11.6 Å². The van der Waals surface area contributed by atoms with E-state index in [1.165, 1.54) is 13.1 Å². The van der Waals surface area contributed by atoms with Crippen LogP contribution < -0.4 is 5.32 Å². The molecule has 0 spiro atoms. The monoisotopic (exact) mass is 533 g/mol. The first kappa shape index (κ1) is 24.2. The van der Waals surface area contributed by atoms with Crippen molar-refractivity contribution in [3.63, 3.8) is 0 Å². The number of pyridine rings is 1. The number of nitrogens with one attached hydrogen (secondary N) is 1. The fraction of sp³-hybridized carbons (Fsp3) is 0.280. The fourth-order valence-corrected chi connectivity index (χ4v) is 4.25. The summed E-state index contributed by atoms with van der Waals surface area (Å²) in [5.41, 5.74) is 2.38. The zero-order chi connectivity index (χ0) is 26.4. The summed E-state index contributed by atoms with van der Waals surface area (Å²) in [5.74, 6) is 0.0891. The number of nitrogens with zero attached hydrogens (tertiary/aromatic N) is 8. The van der Waals surface area contributed by atoms with Gasteiger partial charge >= 0.3 is 0 Å². The Bertz CT molecular complexity index is 1650. The Morgan fingerprint density at radius 1 is 1.16 bits per heavy atom. The van der Waals surface area contributed by atoms with E-state index in [-0.39, 0.29) is 19.1 Å². The van der Waals surface area contributed by atoms with Crippen LogP contribution in [0.3, 0.4) is 0 Å². The van der Waals surface area contributed by atoms with Gasteiger partial charge in [-0.25, -0.2) is 4.52 Å². The Labute approximate surface area is 221 Å². The number of hydrogen-bond donors (Lipinski definition) is 3. The van der Waals surface area contributed by atoms with Crippen LogP contribution in [0.5, 0.6) is 0 Å². The predicted octanol–water partition coefficient (Wildman–Crippen LogP) is 2.84. The van der Waals surface area contributed by atoms with Crippen LogP contribution in [0.25, 0.3) is 28.0 Å². The van der Waals surface area contributed by atoms with Crippen LogP contribution in [0.4, 0.5) is 5.69 Å². The minimum absolute atomic E-state index is 0.137. The Hall–Kier alpha value is -4.13. The summed E-state index contributed by atoms with van der Waals surface area (Å²) in [6, 6.07) is 9.20. The van der Waals surface area contributed by atoms with E-state index in [2.05, 4.69) is 30.9 Å². The van der Waals surface area contributed by atoms with Crippen LogP contribution in [0.1, 0.15) is 36.2 Å². The molecule has 12 nitrogen and oxygen atoms in total. The molecule has 4 aromatic heterocycles. The molecule has 1 fully saturated rings. The molecular formula is C25H24ClN9O3. The molecule has 1 atom stereocenters. The molecular weight excluding hydrogens is 510 g/mol. The minimum Gasteiger partial charge on any atom is -0.393 e. The van der Waals surface area contributed by atoms with Crippen LogP contribution in [0.15, 0.2) is 55.1 Å². The van der Waals surface area contributed by atoms with Gasteiger partial charge in [0.1, 0.15) is 5.60 Å². The molecule has 1 aliphatic carbocycles. The summed E-state index contributed by atoms with van der Waals surface area (Å²) in [5, 5.41) is 44.0. The number of halogens is 1. The Morgan fingerprint density at radius 3 is 2.79 bits per heavy atom. The fourth-order valence-electron chi connectivity index (χ4n) is 4.08. The summed E-state index contributed by atoms with van der Waals surface area (Å²) in [7, 11) is 0. The molecule has 13 heteroatoms. The number of anilines is 1. The van der Waals surface area contributed by atoms with Crippen molar-refractivity contribution in [1.82, 2.24) is 39.6 Å². The Morgan fingerprint density at radius 2 is 2.00 bits per heavy atom. The molecule has 1 aliphatic rings. The summed E-state index contributed by atoms with van der Waals surface area (Å²) in [4.78, 5) is 14.9. The van der Waals surface area contributed by atoms with Gasteiger partial charge in [0.15, 0.2) is 0 Å². The van der Waals surface area contributed by atoms with E-state index in [1.54, 1.807) is 50.8 Å². The summed E-state index contributed by atoms with van der Waals surface area (Å²) in [6.45, 7) is 1.29. The van der Waals surface area contributed by atoms with E-state index < -0.39 is 5.60 Å². The van der Waals surface area contributed by atoms with E-state index in [9.17, 15) is 15.0 Å². The number of aliphatic hydroxyl groups excluding tert-OH is 1. The number of carbonyl (C=O) groups excluding carboxylic acids is 1. The van der Waals surface area contributed by atoms with E-state index in [0.29, 0.717) is 39.2 Å². The average molecular weight is 534 g/mol. The normalized spacial score (nSPS) is 15.1. The highest BCUT2D eigenvalue weighted by Crippen LogP contribution is 2.34. The van der Waals surface area contributed by atoms with Gasteiger partial charge < -0.3 is 15.5 Å². The van der Waals surface area contributed by atoms with Crippen LogP contribution in [0.2, 0.25) is 5.02 Å². The van der Waals surface area contributed by atoms with Gasteiger partial charge in [-0.1, -0.05) is 11.6 Å². The van der Waals surface area contributed by atoms with E-state index in [1.807, 2.05) is 12.1 Å². The van der Waals surface area contributed by atoms with E-state index >= 15 is 0 Å². The molecule has 38 heavy (non-hydrogen) atoms. The van der Waals surface area contributed by atoms with Crippen molar-refractivity contribution in [2.45, 2.75) is 38.0 Å². The summed E-state index contributed by atoms with van der Waals surface area (Å²) in [6.07, 6.45) is 8.78. The third kappa shape index (κ3) is 4.76. The van der Waals surface area contributed by atoms with E-state index in [0.717, 1.165) is 24.0 Å². The lowest BCUT2D eigenvalue weighted by molar-refractivity contribution is -0.0145. The van der Waals surface area contributed by atoms with Crippen LogP contribution in [-0.4, -0.2) is 67.9 Å².